The number of aromatic nitrogens is 2. The average Bonchev–Trinajstić information content (AvgIpc) is 2.27. The Hall–Kier alpha value is -2.10. The molecule has 4 heteroatoms. The Balaban J connectivity index is 2.49. The van der Waals surface area contributed by atoms with E-state index < -0.39 is 0 Å². The summed E-state index contributed by atoms with van der Waals surface area (Å²) in [4.78, 5) is 8.28. The summed E-state index contributed by atoms with van der Waals surface area (Å²) >= 11 is 0. The van der Waals surface area contributed by atoms with Gasteiger partial charge in [-0.3, -0.25) is 0 Å². The van der Waals surface area contributed by atoms with E-state index in [0.717, 1.165) is 28.3 Å². The molecule has 2 aromatic rings. The van der Waals surface area contributed by atoms with E-state index in [4.69, 9.17) is 10.5 Å². The average molecular weight is 229 g/mol. The molecule has 0 aliphatic rings. The normalized spacial score (nSPS) is 10.3. The fourth-order valence-electron chi connectivity index (χ4n) is 1.78. The first kappa shape index (κ1) is 11.4. The smallest absolute Gasteiger partial charge is 0.220 e. The zero-order valence-electron chi connectivity index (χ0n) is 10.2. The van der Waals surface area contributed by atoms with E-state index in [-0.39, 0.29) is 0 Å². The van der Waals surface area contributed by atoms with Crippen molar-refractivity contribution in [3.63, 3.8) is 0 Å². The molecule has 0 saturated carbocycles. The molecule has 4 nitrogen and oxygen atoms in total. The summed E-state index contributed by atoms with van der Waals surface area (Å²) in [7, 11) is 1.66. The molecule has 0 bridgehead atoms. The molecule has 0 spiro atoms. The first-order valence-electron chi connectivity index (χ1n) is 5.36. The summed E-state index contributed by atoms with van der Waals surface area (Å²) in [5.74, 6) is 1.17. The number of benzene rings is 1. The Morgan fingerprint density at radius 1 is 1.12 bits per heavy atom. The Morgan fingerprint density at radius 2 is 1.88 bits per heavy atom. The van der Waals surface area contributed by atoms with Gasteiger partial charge in [0.25, 0.3) is 0 Å². The van der Waals surface area contributed by atoms with Gasteiger partial charge in [0.15, 0.2) is 0 Å². The largest absolute Gasteiger partial charge is 0.496 e. The molecule has 1 aromatic heterocycles. The second kappa shape index (κ2) is 4.41. The number of aryl methyl sites for hydroxylation is 2. The van der Waals surface area contributed by atoms with Gasteiger partial charge in [-0.15, -0.1) is 0 Å². The fraction of sp³-hybridized carbons (Fsp3) is 0.231. The van der Waals surface area contributed by atoms with Gasteiger partial charge >= 0.3 is 0 Å². The first-order chi connectivity index (χ1) is 8.10. The Labute approximate surface area is 100 Å². The lowest BCUT2D eigenvalue weighted by Gasteiger charge is -2.08. The number of nitrogen functional groups attached to an aromatic ring is 1. The maximum atomic E-state index is 5.64. The van der Waals surface area contributed by atoms with Crippen LogP contribution in [0.3, 0.4) is 0 Å². The number of ether oxygens (including phenoxy) is 1. The van der Waals surface area contributed by atoms with E-state index in [1.54, 1.807) is 7.11 Å². The highest BCUT2D eigenvalue weighted by atomic mass is 16.5. The highest BCUT2D eigenvalue weighted by Crippen LogP contribution is 2.25. The van der Waals surface area contributed by atoms with Gasteiger partial charge < -0.3 is 10.5 Å². The molecule has 0 fully saturated rings. The molecule has 2 N–H and O–H groups in total. The molecule has 88 valence electrons. The summed E-state index contributed by atoms with van der Waals surface area (Å²) in [6.07, 6.45) is 0. The molecule has 0 unspecified atom stereocenters. The highest BCUT2D eigenvalue weighted by Gasteiger charge is 2.05. The topological polar surface area (TPSA) is 61.0 Å². The number of methoxy groups -OCH3 is 1. The van der Waals surface area contributed by atoms with Crippen LogP contribution in [0.1, 0.15) is 11.3 Å². The third kappa shape index (κ3) is 2.36. The van der Waals surface area contributed by atoms with Gasteiger partial charge in [-0.25, -0.2) is 9.97 Å². The van der Waals surface area contributed by atoms with Crippen LogP contribution in [0, 0.1) is 13.8 Å². The van der Waals surface area contributed by atoms with Crippen LogP contribution in [0.2, 0.25) is 0 Å². The van der Waals surface area contributed by atoms with Gasteiger partial charge in [-0.2, -0.15) is 0 Å². The standard InChI is InChI=1S/C13H15N3O/c1-8-6-10(4-5-12(8)17-3)11-7-9(2)15-13(14)16-11/h4-7H,1-3H3,(H2,14,15,16). The fourth-order valence-corrected chi connectivity index (χ4v) is 1.78. The lowest BCUT2D eigenvalue weighted by Crippen LogP contribution is -1.98. The SMILES string of the molecule is COc1ccc(-c2cc(C)nc(N)n2)cc1C. The molecule has 0 aliphatic carbocycles. The van der Waals surface area contributed by atoms with Crippen molar-refractivity contribution in [3.8, 4) is 17.0 Å². The van der Waals surface area contributed by atoms with Gasteiger partial charge in [0.05, 0.1) is 12.8 Å². The molecule has 0 radical (unpaired) electrons. The van der Waals surface area contributed by atoms with Crippen molar-refractivity contribution in [1.29, 1.82) is 0 Å². The molecule has 0 atom stereocenters. The van der Waals surface area contributed by atoms with Crippen molar-refractivity contribution in [2.45, 2.75) is 13.8 Å². The molecule has 0 saturated heterocycles. The van der Waals surface area contributed by atoms with Crippen LogP contribution in [0.5, 0.6) is 5.75 Å². The van der Waals surface area contributed by atoms with Crippen LogP contribution in [0.4, 0.5) is 5.95 Å². The molecule has 0 amide bonds. The number of hydrogen-bond donors (Lipinski definition) is 1. The first-order valence-corrected chi connectivity index (χ1v) is 5.36. The van der Waals surface area contributed by atoms with E-state index in [0.29, 0.717) is 5.95 Å². The molecule has 17 heavy (non-hydrogen) atoms. The summed E-state index contributed by atoms with van der Waals surface area (Å²) in [6, 6.07) is 7.84. The molecular weight excluding hydrogens is 214 g/mol. The lowest BCUT2D eigenvalue weighted by molar-refractivity contribution is 0.412. The molecule has 2 rings (SSSR count). The van der Waals surface area contributed by atoms with Crippen molar-refractivity contribution >= 4 is 5.95 Å². The minimum atomic E-state index is 0.300. The quantitative estimate of drug-likeness (QED) is 0.858. The maximum Gasteiger partial charge on any atom is 0.220 e. The van der Waals surface area contributed by atoms with Crippen molar-refractivity contribution in [3.05, 3.63) is 35.5 Å². The van der Waals surface area contributed by atoms with E-state index in [9.17, 15) is 0 Å². The minimum absolute atomic E-state index is 0.300. The predicted molar refractivity (Wildman–Crippen MR) is 67.9 cm³/mol. The monoisotopic (exact) mass is 229 g/mol. The van der Waals surface area contributed by atoms with Crippen LogP contribution in [-0.4, -0.2) is 17.1 Å². The van der Waals surface area contributed by atoms with Gasteiger partial charge in [-0.05, 0) is 43.7 Å². The zero-order valence-corrected chi connectivity index (χ0v) is 10.2. The van der Waals surface area contributed by atoms with Crippen LogP contribution in [0.25, 0.3) is 11.3 Å². The van der Waals surface area contributed by atoms with Crippen molar-refractivity contribution in [2.75, 3.05) is 12.8 Å². The van der Waals surface area contributed by atoms with E-state index in [2.05, 4.69) is 9.97 Å². The van der Waals surface area contributed by atoms with Crippen molar-refractivity contribution in [1.82, 2.24) is 9.97 Å². The summed E-state index contributed by atoms with van der Waals surface area (Å²) in [6.45, 7) is 3.90. The van der Waals surface area contributed by atoms with E-state index >= 15 is 0 Å². The van der Waals surface area contributed by atoms with Crippen LogP contribution < -0.4 is 10.5 Å². The second-order valence-corrected chi connectivity index (χ2v) is 3.94. The summed E-state index contributed by atoms with van der Waals surface area (Å²) < 4.78 is 5.23. The lowest BCUT2D eigenvalue weighted by atomic mass is 10.1. The van der Waals surface area contributed by atoms with Gasteiger partial charge in [0.1, 0.15) is 5.75 Å². The van der Waals surface area contributed by atoms with Crippen LogP contribution in [0.15, 0.2) is 24.3 Å². The third-order valence-electron chi connectivity index (χ3n) is 2.56. The van der Waals surface area contributed by atoms with E-state index in [1.165, 1.54) is 0 Å². The number of nitrogens with two attached hydrogens (primary N) is 1. The minimum Gasteiger partial charge on any atom is -0.496 e. The molecular formula is C13H15N3O. The molecule has 1 heterocycles. The van der Waals surface area contributed by atoms with Crippen molar-refractivity contribution < 1.29 is 4.74 Å². The van der Waals surface area contributed by atoms with E-state index in [1.807, 2.05) is 38.1 Å². The Kier molecular flexibility index (Phi) is 2.95. The Bertz CT molecular complexity index is 532. The Morgan fingerprint density at radius 3 is 2.47 bits per heavy atom. The number of hydrogen-bond acceptors (Lipinski definition) is 4. The van der Waals surface area contributed by atoms with Crippen molar-refractivity contribution in [2.24, 2.45) is 0 Å². The van der Waals surface area contributed by atoms with Gasteiger partial charge in [0.2, 0.25) is 5.95 Å². The molecule has 0 aliphatic heterocycles. The zero-order chi connectivity index (χ0) is 12.4. The summed E-state index contributed by atoms with van der Waals surface area (Å²) in [5, 5.41) is 0. The van der Waals surface area contributed by atoms with Gasteiger partial charge in [0, 0.05) is 11.3 Å². The predicted octanol–water partition coefficient (Wildman–Crippen LogP) is 2.35. The number of anilines is 1. The highest BCUT2D eigenvalue weighted by molar-refractivity contribution is 5.63. The maximum absolute atomic E-state index is 5.64. The summed E-state index contributed by atoms with van der Waals surface area (Å²) in [5.41, 5.74) is 9.42. The molecule has 1 aromatic carbocycles. The third-order valence-corrected chi connectivity index (χ3v) is 2.56. The van der Waals surface area contributed by atoms with Crippen LogP contribution in [-0.2, 0) is 0 Å². The number of rotatable bonds is 2. The number of nitrogens with zero attached hydrogens (tertiary/aromatic N) is 2. The van der Waals surface area contributed by atoms with Gasteiger partial charge in [-0.1, -0.05) is 0 Å². The van der Waals surface area contributed by atoms with Crippen LogP contribution >= 0.6 is 0 Å². The second-order valence-electron chi connectivity index (χ2n) is 3.94.